The summed E-state index contributed by atoms with van der Waals surface area (Å²) in [7, 11) is 3.25. The van der Waals surface area contributed by atoms with E-state index in [0.29, 0.717) is 24.7 Å². The van der Waals surface area contributed by atoms with Gasteiger partial charge >= 0.3 is 0 Å². The van der Waals surface area contributed by atoms with Crippen LogP contribution in [0.15, 0.2) is 0 Å². The standard InChI is InChI=1S/C10H19NO2.C6H10O.C2H6O.2C2H6/c11-10(12)6-7-13-8-9-4-2-1-3-5-9;1-5(7)6-3-2-4-6;1-3-2;2*1-2/h9H,1-8H2,(H2,11,12);6H,2-4H2,1H3;1-2H3;2*1-2H3. The van der Waals surface area contributed by atoms with Crippen LogP contribution in [0.4, 0.5) is 0 Å². The van der Waals surface area contributed by atoms with E-state index in [4.69, 9.17) is 10.5 Å². The number of rotatable bonds is 6. The molecular formula is C22H47NO4. The van der Waals surface area contributed by atoms with Gasteiger partial charge in [-0.15, -0.1) is 0 Å². The Morgan fingerprint density at radius 1 is 0.889 bits per heavy atom. The number of ketones is 1. The predicted molar refractivity (Wildman–Crippen MR) is 115 cm³/mol. The molecule has 2 fully saturated rings. The Balaban J connectivity index is -0.000000346. The van der Waals surface area contributed by atoms with Crippen LogP contribution in [0.2, 0.25) is 0 Å². The molecule has 1 amide bonds. The third kappa shape index (κ3) is 23.0. The van der Waals surface area contributed by atoms with Gasteiger partial charge in [-0.3, -0.25) is 9.59 Å². The topological polar surface area (TPSA) is 78.6 Å². The van der Waals surface area contributed by atoms with Crippen LogP contribution in [0.25, 0.3) is 0 Å². The van der Waals surface area contributed by atoms with Crippen LogP contribution in [-0.2, 0) is 19.1 Å². The summed E-state index contributed by atoms with van der Waals surface area (Å²) in [4.78, 5) is 20.8. The van der Waals surface area contributed by atoms with Crippen molar-refractivity contribution < 1.29 is 19.1 Å². The van der Waals surface area contributed by atoms with E-state index in [9.17, 15) is 9.59 Å². The van der Waals surface area contributed by atoms with Crippen LogP contribution in [0.5, 0.6) is 0 Å². The third-order valence-corrected chi connectivity index (χ3v) is 4.25. The Labute approximate surface area is 168 Å². The summed E-state index contributed by atoms with van der Waals surface area (Å²) < 4.78 is 9.63. The highest BCUT2D eigenvalue weighted by molar-refractivity contribution is 5.78. The first-order valence-corrected chi connectivity index (χ1v) is 10.8. The number of nitrogens with two attached hydrogens (primary N) is 1. The van der Waals surface area contributed by atoms with Crippen molar-refractivity contribution in [2.24, 2.45) is 17.6 Å². The van der Waals surface area contributed by atoms with Crippen LogP contribution in [0, 0.1) is 11.8 Å². The van der Waals surface area contributed by atoms with E-state index >= 15 is 0 Å². The average molecular weight is 390 g/mol. The number of hydrogen-bond acceptors (Lipinski definition) is 4. The summed E-state index contributed by atoms with van der Waals surface area (Å²) in [6.07, 6.45) is 10.5. The zero-order chi connectivity index (χ0) is 21.5. The highest BCUT2D eigenvalue weighted by atomic mass is 16.5. The molecule has 2 N–H and O–H groups in total. The first-order valence-electron chi connectivity index (χ1n) is 10.8. The lowest BCUT2D eigenvalue weighted by Crippen LogP contribution is -2.18. The first-order chi connectivity index (χ1) is 13.0. The number of carbonyl (C=O) groups excluding carboxylic acids is 2. The monoisotopic (exact) mass is 389 g/mol. The van der Waals surface area contributed by atoms with E-state index in [2.05, 4.69) is 4.74 Å². The first kappa shape index (κ1) is 30.8. The van der Waals surface area contributed by atoms with Crippen LogP contribution in [0.3, 0.4) is 0 Å². The molecule has 0 aromatic heterocycles. The summed E-state index contributed by atoms with van der Waals surface area (Å²) in [6, 6.07) is 0. The summed E-state index contributed by atoms with van der Waals surface area (Å²) in [5.74, 6) is 1.27. The molecule has 0 unspecified atom stereocenters. The molecule has 2 rings (SSSR count). The van der Waals surface area contributed by atoms with Crippen molar-refractivity contribution in [3.8, 4) is 0 Å². The van der Waals surface area contributed by atoms with Crippen molar-refractivity contribution in [2.45, 2.75) is 92.4 Å². The molecule has 5 heteroatoms. The van der Waals surface area contributed by atoms with E-state index in [0.717, 1.165) is 25.4 Å². The SMILES string of the molecule is CC.CC.CC(=O)C1CCC1.COC.NC(=O)CCOCC1CCCCC1. The number of Topliss-reactive ketones (excluding diaryl/α,β-unsaturated/α-hetero) is 1. The largest absolute Gasteiger partial charge is 0.388 e. The van der Waals surface area contributed by atoms with Gasteiger partial charge in [0.1, 0.15) is 5.78 Å². The number of hydrogen-bond donors (Lipinski definition) is 1. The molecule has 27 heavy (non-hydrogen) atoms. The number of amides is 1. The normalized spacial score (nSPS) is 15.7. The fourth-order valence-electron chi connectivity index (χ4n) is 2.59. The fraction of sp³-hybridized carbons (Fsp3) is 0.909. The van der Waals surface area contributed by atoms with Crippen LogP contribution in [0.1, 0.15) is 92.4 Å². The van der Waals surface area contributed by atoms with Gasteiger partial charge in [-0.2, -0.15) is 0 Å². The van der Waals surface area contributed by atoms with Gasteiger partial charge in [-0.05, 0) is 38.5 Å². The average Bonchev–Trinajstić information content (AvgIpc) is 2.62. The maximum atomic E-state index is 10.4. The van der Waals surface area contributed by atoms with E-state index in [1.165, 1.54) is 38.5 Å². The van der Waals surface area contributed by atoms with Gasteiger partial charge in [-0.1, -0.05) is 53.4 Å². The molecule has 2 aliphatic rings. The number of methoxy groups -OCH3 is 1. The molecule has 5 nitrogen and oxygen atoms in total. The van der Waals surface area contributed by atoms with Crippen LogP contribution < -0.4 is 5.73 Å². The molecule has 0 saturated heterocycles. The third-order valence-electron chi connectivity index (χ3n) is 4.25. The molecule has 0 bridgehead atoms. The van der Waals surface area contributed by atoms with Crippen LogP contribution in [-0.4, -0.2) is 39.1 Å². The zero-order valence-electron chi connectivity index (χ0n) is 19.1. The molecule has 0 aliphatic heterocycles. The Kier molecular flexibility index (Phi) is 28.6. The second-order valence-corrected chi connectivity index (χ2v) is 6.44. The Hall–Kier alpha value is -0.940. The maximum absolute atomic E-state index is 10.4. The lowest BCUT2D eigenvalue weighted by atomic mass is 9.83. The highest BCUT2D eigenvalue weighted by Gasteiger charge is 2.20. The fourth-order valence-corrected chi connectivity index (χ4v) is 2.59. The Morgan fingerprint density at radius 3 is 1.67 bits per heavy atom. The molecule has 0 spiro atoms. The van der Waals surface area contributed by atoms with E-state index in [-0.39, 0.29) is 5.91 Å². The summed E-state index contributed by atoms with van der Waals surface area (Å²) >= 11 is 0. The number of ether oxygens (including phenoxy) is 2. The van der Waals surface area contributed by atoms with Gasteiger partial charge in [0.15, 0.2) is 0 Å². The van der Waals surface area contributed by atoms with Crippen molar-refractivity contribution >= 4 is 11.7 Å². The van der Waals surface area contributed by atoms with Gasteiger partial charge in [0, 0.05) is 33.2 Å². The van der Waals surface area contributed by atoms with Crippen LogP contribution >= 0.6 is 0 Å². The Bertz CT molecular complexity index is 311. The second kappa shape index (κ2) is 25.1. The minimum absolute atomic E-state index is 0.274. The van der Waals surface area contributed by atoms with E-state index < -0.39 is 0 Å². The van der Waals surface area contributed by atoms with Crippen molar-refractivity contribution in [2.75, 3.05) is 27.4 Å². The minimum Gasteiger partial charge on any atom is -0.388 e. The quantitative estimate of drug-likeness (QED) is 0.637. The van der Waals surface area contributed by atoms with Gasteiger partial charge in [-0.25, -0.2) is 0 Å². The van der Waals surface area contributed by atoms with Crippen molar-refractivity contribution in [3.63, 3.8) is 0 Å². The van der Waals surface area contributed by atoms with E-state index in [1.807, 2.05) is 27.7 Å². The minimum atomic E-state index is -0.274. The molecule has 2 saturated carbocycles. The van der Waals surface area contributed by atoms with Gasteiger partial charge < -0.3 is 15.2 Å². The molecule has 0 heterocycles. The van der Waals surface area contributed by atoms with Gasteiger partial charge in [0.2, 0.25) is 5.91 Å². The van der Waals surface area contributed by atoms with Crippen molar-refractivity contribution in [1.82, 2.24) is 0 Å². The second-order valence-electron chi connectivity index (χ2n) is 6.44. The molecule has 0 aromatic carbocycles. The number of primary amides is 1. The summed E-state index contributed by atoms with van der Waals surface area (Å²) in [5, 5.41) is 0. The van der Waals surface area contributed by atoms with Gasteiger partial charge in [0.25, 0.3) is 0 Å². The molecule has 164 valence electrons. The van der Waals surface area contributed by atoms with Crippen molar-refractivity contribution in [1.29, 1.82) is 0 Å². The highest BCUT2D eigenvalue weighted by Crippen LogP contribution is 2.26. The van der Waals surface area contributed by atoms with E-state index in [1.54, 1.807) is 21.1 Å². The molecule has 2 aliphatic carbocycles. The van der Waals surface area contributed by atoms with Crippen molar-refractivity contribution in [3.05, 3.63) is 0 Å². The molecular weight excluding hydrogens is 342 g/mol. The maximum Gasteiger partial charge on any atom is 0.219 e. The Morgan fingerprint density at radius 2 is 1.37 bits per heavy atom. The summed E-state index contributed by atoms with van der Waals surface area (Å²) in [5.41, 5.74) is 4.99. The zero-order valence-corrected chi connectivity index (χ0v) is 19.1. The molecule has 0 atom stereocenters. The lowest BCUT2D eigenvalue weighted by Gasteiger charge is -2.21. The molecule has 0 aromatic rings. The number of carbonyl (C=O) groups is 2. The summed E-state index contributed by atoms with van der Waals surface area (Å²) in [6.45, 7) is 11.0. The van der Waals surface area contributed by atoms with Gasteiger partial charge in [0.05, 0.1) is 6.61 Å². The smallest absolute Gasteiger partial charge is 0.219 e. The lowest BCUT2D eigenvalue weighted by molar-refractivity contribution is -0.123. The molecule has 0 radical (unpaired) electrons. The predicted octanol–water partition coefficient (Wildman–Crippen LogP) is 5.15.